The minimum atomic E-state index is -0.671. The van der Waals surface area contributed by atoms with Crippen molar-refractivity contribution >= 4 is 11.3 Å². The summed E-state index contributed by atoms with van der Waals surface area (Å²) >= 11 is 1.63. The van der Waals surface area contributed by atoms with E-state index < -0.39 is 6.10 Å². The normalized spacial score (nSPS) is 12.4. The number of tetrazole rings is 1. The van der Waals surface area contributed by atoms with Crippen molar-refractivity contribution in [1.29, 1.82) is 0 Å². The van der Waals surface area contributed by atoms with E-state index in [1.807, 2.05) is 48.7 Å². The Balaban J connectivity index is 1.51. The fourth-order valence-corrected chi connectivity index (χ4v) is 2.71. The third kappa shape index (κ3) is 4.44. The zero-order valence-electron chi connectivity index (χ0n) is 12.8. The molecule has 6 nitrogen and oxygen atoms in total. The number of ether oxygens (including phenoxy) is 1. The number of aryl methyl sites for hydroxylation is 1. The van der Waals surface area contributed by atoms with Crippen LogP contribution in [0, 0.1) is 6.92 Å². The number of hydrogen-bond donors (Lipinski definition) is 1. The molecular formula is C16H18N4O2S. The Hall–Kier alpha value is -2.09. The zero-order valence-corrected chi connectivity index (χ0v) is 13.6. The molecule has 1 aromatic carbocycles. The topological polar surface area (TPSA) is 73.1 Å². The highest BCUT2D eigenvalue weighted by Crippen LogP contribution is 2.14. The molecule has 0 aliphatic carbocycles. The molecule has 3 aromatic rings. The number of thiophene rings is 1. The molecule has 0 amide bonds. The van der Waals surface area contributed by atoms with E-state index in [-0.39, 0.29) is 13.2 Å². The highest BCUT2D eigenvalue weighted by molar-refractivity contribution is 7.09. The van der Waals surface area contributed by atoms with Gasteiger partial charge in [-0.05, 0) is 23.6 Å². The molecular weight excluding hydrogens is 312 g/mol. The summed E-state index contributed by atoms with van der Waals surface area (Å²) in [4.78, 5) is 2.53. The smallest absolute Gasteiger partial charge is 0.204 e. The molecule has 0 bridgehead atoms. The van der Waals surface area contributed by atoms with Crippen molar-refractivity contribution in [2.75, 3.05) is 6.61 Å². The molecule has 0 aliphatic heterocycles. The largest absolute Gasteiger partial charge is 0.389 e. The molecule has 7 heteroatoms. The van der Waals surface area contributed by atoms with Crippen molar-refractivity contribution in [3.05, 3.63) is 52.2 Å². The average Bonchev–Trinajstić information content (AvgIpc) is 3.20. The van der Waals surface area contributed by atoms with Gasteiger partial charge in [0.15, 0.2) is 0 Å². The minimum absolute atomic E-state index is 0.235. The molecule has 1 unspecified atom stereocenters. The van der Waals surface area contributed by atoms with Crippen LogP contribution in [-0.4, -0.2) is 38.0 Å². The maximum Gasteiger partial charge on any atom is 0.204 e. The first kappa shape index (κ1) is 15.8. The maximum atomic E-state index is 10.00. The fourth-order valence-electron chi connectivity index (χ4n) is 2.07. The summed E-state index contributed by atoms with van der Waals surface area (Å²) in [5, 5.41) is 24.3. The molecule has 0 spiro atoms. The molecule has 0 saturated heterocycles. The number of hydrogen-bond acceptors (Lipinski definition) is 6. The molecule has 0 aliphatic rings. The summed E-state index contributed by atoms with van der Waals surface area (Å²) in [7, 11) is 0. The van der Waals surface area contributed by atoms with Crippen molar-refractivity contribution in [3.8, 4) is 11.4 Å². The van der Waals surface area contributed by atoms with Gasteiger partial charge in [-0.3, -0.25) is 0 Å². The van der Waals surface area contributed by atoms with Crippen molar-refractivity contribution in [2.24, 2.45) is 0 Å². The van der Waals surface area contributed by atoms with Crippen LogP contribution in [0.3, 0.4) is 0 Å². The summed E-state index contributed by atoms with van der Waals surface area (Å²) in [6.07, 6.45) is -0.671. The van der Waals surface area contributed by atoms with E-state index in [2.05, 4.69) is 15.4 Å². The van der Waals surface area contributed by atoms with Crippen LogP contribution < -0.4 is 0 Å². The van der Waals surface area contributed by atoms with Crippen LogP contribution in [0.15, 0.2) is 41.8 Å². The molecule has 1 N–H and O–H groups in total. The Bertz CT molecular complexity index is 725. The van der Waals surface area contributed by atoms with Crippen LogP contribution in [0.25, 0.3) is 11.4 Å². The molecule has 2 aromatic heterocycles. The Labute approximate surface area is 138 Å². The quantitative estimate of drug-likeness (QED) is 0.719. The molecule has 3 rings (SSSR count). The van der Waals surface area contributed by atoms with E-state index in [1.165, 1.54) is 10.4 Å². The first-order valence-electron chi connectivity index (χ1n) is 7.34. The average molecular weight is 330 g/mol. The van der Waals surface area contributed by atoms with Gasteiger partial charge in [0.2, 0.25) is 5.82 Å². The number of aromatic nitrogens is 4. The van der Waals surface area contributed by atoms with Crippen molar-refractivity contribution in [1.82, 2.24) is 20.2 Å². The highest BCUT2D eigenvalue weighted by Gasteiger charge is 2.10. The third-order valence-electron chi connectivity index (χ3n) is 3.27. The molecule has 0 radical (unpaired) electrons. The number of benzene rings is 1. The van der Waals surface area contributed by atoms with E-state index in [4.69, 9.17) is 4.74 Å². The maximum absolute atomic E-state index is 10.00. The Morgan fingerprint density at radius 2 is 2.09 bits per heavy atom. The third-order valence-corrected chi connectivity index (χ3v) is 4.12. The van der Waals surface area contributed by atoms with E-state index in [0.29, 0.717) is 12.4 Å². The monoisotopic (exact) mass is 330 g/mol. The lowest BCUT2D eigenvalue weighted by Gasteiger charge is -2.09. The lowest BCUT2D eigenvalue weighted by atomic mass is 10.1. The molecule has 2 heterocycles. The summed E-state index contributed by atoms with van der Waals surface area (Å²) in [5.41, 5.74) is 2.09. The first-order chi connectivity index (χ1) is 11.2. The molecule has 0 saturated carbocycles. The first-order valence-corrected chi connectivity index (χ1v) is 8.22. The predicted octanol–water partition coefficient (Wildman–Crippen LogP) is 2.29. The Morgan fingerprint density at radius 1 is 1.26 bits per heavy atom. The number of rotatable bonds is 7. The van der Waals surface area contributed by atoms with Gasteiger partial charge in [-0.1, -0.05) is 35.9 Å². The van der Waals surface area contributed by atoms with Gasteiger partial charge in [-0.2, -0.15) is 4.80 Å². The summed E-state index contributed by atoms with van der Waals surface area (Å²) < 4.78 is 5.49. The SMILES string of the molecule is Cc1ccc(-c2nnn(CC(O)COCc3cccs3)n2)cc1. The van der Waals surface area contributed by atoms with Gasteiger partial charge in [0.1, 0.15) is 0 Å². The van der Waals surface area contributed by atoms with Crippen LogP contribution in [0.5, 0.6) is 0 Å². The van der Waals surface area contributed by atoms with E-state index >= 15 is 0 Å². The highest BCUT2D eigenvalue weighted by atomic mass is 32.1. The second-order valence-corrected chi connectivity index (χ2v) is 6.31. The lowest BCUT2D eigenvalue weighted by Crippen LogP contribution is -2.23. The van der Waals surface area contributed by atoms with Gasteiger partial charge in [0, 0.05) is 10.4 Å². The fraction of sp³-hybridized carbons (Fsp3) is 0.312. The Kier molecular flexibility index (Phi) is 5.12. The van der Waals surface area contributed by atoms with Gasteiger partial charge in [0.25, 0.3) is 0 Å². The van der Waals surface area contributed by atoms with Gasteiger partial charge >= 0.3 is 0 Å². The number of aliphatic hydroxyl groups is 1. The summed E-state index contributed by atoms with van der Waals surface area (Å²) in [6.45, 7) is 3.03. The van der Waals surface area contributed by atoms with Crippen molar-refractivity contribution in [2.45, 2.75) is 26.2 Å². The molecule has 120 valence electrons. The van der Waals surface area contributed by atoms with Gasteiger partial charge < -0.3 is 9.84 Å². The van der Waals surface area contributed by atoms with Crippen LogP contribution >= 0.6 is 11.3 Å². The van der Waals surface area contributed by atoms with Crippen LogP contribution in [-0.2, 0) is 17.9 Å². The lowest BCUT2D eigenvalue weighted by molar-refractivity contribution is 0.0174. The van der Waals surface area contributed by atoms with Crippen LogP contribution in [0.4, 0.5) is 0 Å². The summed E-state index contributed by atoms with van der Waals surface area (Å²) in [6, 6.07) is 11.9. The second-order valence-electron chi connectivity index (χ2n) is 5.28. The predicted molar refractivity (Wildman–Crippen MR) is 88.0 cm³/mol. The minimum Gasteiger partial charge on any atom is -0.389 e. The van der Waals surface area contributed by atoms with Crippen molar-refractivity contribution in [3.63, 3.8) is 0 Å². The van der Waals surface area contributed by atoms with E-state index in [0.717, 1.165) is 10.4 Å². The van der Waals surface area contributed by atoms with Crippen LogP contribution in [0.1, 0.15) is 10.4 Å². The number of nitrogens with zero attached hydrogens (tertiary/aromatic N) is 4. The molecule has 23 heavy (non-hydrogen) atoms. The van der Waals surface area contributed by atoms with E-state index in [9.17, 15) is 5.11 Å². The van der Waals surface area contributed by atoms with E-state index in [1.54, 1.807) is 11.3 Å². The standard InChI is InChI=1S/C16H18N4O2S/c1-12-4-6-13(7-5-12)16-17-19-20(18-16)9-14(21)10-22-11-15-3-2-8-23-15/h2-8,14,21H,9-11H2,1H3. The second kappa shape index (κ2) is 7.45. The summed E-state index contributed by atoms with van der Waals surface area (Å²) in [5.74, 6) is 0.553. The van der Waals surface area contributed by atoms with Crippen molar-refractivity contribution < 1.29 is 9.84 Å². The Morgan fingerprint density at radius 3 is 2.83 bits per heavy atom. The van der Waals surface area contributed by atoms with Gasteiger partial charge in [0.05, 0.1) is 25.9 Å². The van der Waals surface area contributed by atoms with Crippen LogP contribution in [0.2, 0.25) is 0 Å². The number of aliphatic hydroxyl groups excluding tert-OH is 1. The molecule has 0 fully saturated rings. The van der Waals surface area contributed by atoms with Gasteiger partial charge in [-0.15, -0.1) is 21.5 Å². The van der Waals surface area contributed by atoms with Gasteiger partial charge in [-0.25, -0.2) is 0 Å². The molecule has 1 atom stereocenters. The zero-order chi connectivity index (χ0) is 16.1.